The molecule has 0 aliphatic carbocycles. The molecular formula is C13H17N5. The van der Waals surface area contributed by atoms with Crippen LogP contribution in [0.15, 0.2) is 30.7 Å². The Morgan fingerprint density at radius 1 is 1.39 bits per heavy atom. The molecule has 3 heterocycles. The van der Waals surface area contributed by atoms with Crippen molar-refractivity contribution in [1.29, 1.82) is 0 Å². The van der Waals surface area contributed by atoms with Crippen LogP contribution in [-0.2, 0) is 6.54 Å². The third kappa shape index (κ3) is 2.20. The van der Waals surface area contributed by atoms with E-state index in [1.165, 1.54) is 12.8 Å². The maximum Gasteiger partial charge on any atom is 0.132 e. The Balaban J connectivity index is 1.79. The minimum Gasteiger partial charge on any atom is -0.352 e. The molecule has 1 aliphatic heterocycles. The van der Waals surface area contributed by atoms with Crippen molar-refractivity contribution in [3.8, 4) is 0 Å². The van der Waals surface area contributed by atoms with Gasteiger partial charge in [0.15, 0.2) is 0 Å². The van der Waals surface area contributed by atoms with Crippen LogP contribution in [0.1, 0.15) is 18.7 Å². The quantitative estimate of drug-likeness (QED) is 0.822. The Hall–Kier alpha value is -1.91. The Labute approximate surface area is 106 Å². The molecule has 0 N–H and O–H groups in total. The van der Waals surface area contributed by atoms with E-state index >= 15 is 0 Å². The normalized spacial score (nSPS) is 19.4. The highest BCUT2D eigenvalue weighted by atomic mass is 15.3. The lowest BCUT2D eigenvalue weighted by molar-refractivity contribution is 0.507. The summed E-state index contributed by atoms with van der Waals surface area (Å²) < 4.78 is 2.00. The van der Waals surface area contributed by atoms with Gasteiger partial charge in [-0.15, -0.1) is 0 Å². The second kappa shape index (κ2) is 4.76. The van der Waals surface area contributed by atoms with Crippen LogP contribution in [0, 0.1) is 6.92 Å². The molecule has 0 aromatic carbocycles. The Morgan fingerprint density at radius 2 is 2.33 bits per heavy atom. The molecule has 94 valence electrons. The highest BCUT2D eigenvalue weighted by Crippen LogP contribution is 2.24. The predicted octanol–water partition coefficient (Wildman–Crippen LogP) is 1.65. The molecule has 2 aromatic heterocycles. The van der Waals surface area contributed by atoms with Gasteiger partial charge in [0, 0.05) is 25.1 Å². The first kappa shape index (κ1) is 11.2. The topological polar surface area (TPSA) is 46.8 Å². The maximum absolute atomic E-state index is 4.52. The maximum atomic E-state index is 4.52. The standard InChI is InChI=1S/C13H17N5/c1-11-14-7-5-13(16-11)18-9-2-4-12(18)10-17-8-3-6-15-17/h3,5-8,12H,2,4,9-10H2,1H3. The number of anilines is 1. The van der Waals surface area contributed by atoms with Gasteiger partial charge in [-0.25, -0.2) is 9.97 Å². The summed E-state index contributed by atoms with van der Waals surface area (Å²) in [5, 5.41) is 4.28. The number of aryl methyl sites for hydroxylation is 1. The monoisotopic (exact) mass is 243 g/mol. The van der Waals surface area contributed by atoms with Crippen molar-refractivity contribution in [2.75, 3.05) is 11.4 Å². The minimum absolute atomic E-state index is 0.485. The lowest BCUT2D eigenvalue weighted by atomic mass is 10.2. The first-order valence-corrected chi connectivity index (χ1v) is 6.36. The van der Waals surface area contributed by atoms with E-state index in [2.05, 4.69) is 20.0 Å². The zero-order valence-corrected chi connectivity index (χ0v) is 10.5. The number of hydrogen-bond donors (Lipinski definition) is 0. The van der Waals surface area contributed by atoms with E-state index in [1.54, 1.807) is 0 Å². The molecular weight excluding hydrogens is 226 g/mol. The molecule has 18 heavy (non-hydrogen) atoms. The number of hydrogen-bond acceptors (Lipinski definition) is 4. The van der Waals surface area contributed by atoms with E-state index in [0.717, 1.165) is 24.7 Å². The zero-order chi connectivity index (χ0) is 12.4. The molecule has 0 spiro atoms. The van der Waals surface area contributed by atoms with Crippen LogP contribution in [0.2, 0.25) is 0 Å². The Kier molecular flexibility index (Phi) is 2.96. The van der Waals surface area contributed by atoms with Crippen molar-refractivity contribution in [1.82, 2.24) is 19.7 Å². The average Bonchev–Trinajstić information content (AvgIpc) is 3.01. The largest absolute Gasteiger partial charge is 0.352 e. The summed E-state index contributed by atoms with van der Waals surface area (Å²) in [4.78, 5) is 11.0. The number of nitrogens with zero attached hydrogens (tertiary/aromatic N) is 5. The zero-order valence-electron chi connectivity index (χ0n) is 10.5. The third-order valence-electron chi connectivity index (χ3n) is 3.39. The van der Waals surface area contributed by atoms with Crippen LogP contribution in [-0.4, -0.2) is 32.3 Å². The van der Waals surface area contributed by atoms with Gasteiger partial charge in [-0.2, -0.15) is 5.10 Å². The van der Waals surface area contributed by atoms with Crippen LogP contribution in [0.3, 0.4) is 0 Å². The highest BCUT2D eigenvalue weighted by Gasteiger charge is 2.26. The molecule has 2 aromatic rings. The van der Waals surface area contributed by atoms with Gasteiger partial charge in [-0.3, -0.25) is 4.68 Å². The SMILES string of the molecule is Cc1nccc(N2CCCC2Cn2cccn2)n1. The smallest absolute Gasteiger partial charge is 0.132 e. The molecule has 0 bridgehead atoms. The minimum atomic E-state index is 0.485. The van der Waals surface area contributed by atoms with Crippen LogP contribution in [0.5, 0.6) is 0 Å². The molecule has 1 unspecified atom stereocenters. The summed E-state index contributed by atoms with van der Waals surface area (Å²) in [5.41, 5.74) is 0. The summed E-state index contributed by atoms with van der Waals surface area (Å²) in [5.74, 6) is 1.87. The first-order chi connectivity index (χ1) is 8.83. The molecule has 0 amide bonds. The van der Waals surface area contributed by atoms with E-state index in [-0.39, 0.29) is 0 Å². The van der Waals surface area contributed by atoms with Crippen LogP contribution in [0.4, 0.5) is 5.82 Å². The van der Waals surface area contributed by atoms with Crippen LogP contribution in [0.25, 0.3) is 0 Å². The third-order valence-corrected chi connectivity index (χ3v) is 3.39. The molecule has 5 nitrogen and oxygen atoms in total. The average molecular weight is 243 g/mol. The summed E-state index contributed by atoms with van der Waals surface area (Å²) in [6.07, 6.45) is 8.09. The van der Waals surface area contributed by atoms with Gasteiger partial charge in [0.1, 0.15) is 11.6 Å². The van der Waals surface area contributed by atoms with Crippen molar-refractivity contribution in [3.63, 3.8) is 0 Å². The molecule has 1 aliphatic rings. The van der Waals surface area contributed by atoms with Gasteiger partial charge >= 0.3 is 0 Å². The van der Waals surface area contributed by atoms with E-state index in [0.29, 0.717) is 6.04 Å². The summed E-state index contributed by atoms with van der Waals surface area (Å²) >= 11 is 0. The molecule has 0 saturated carbocycles. The Bertz CT molecular complexity index is 508. The molecule has 1 fully saturated rings. The molecule has 1 saturated heterocycles. The van der Waals surface area contributed by atoms with Crippen molar-refractivity contribution in [2.24, 2.45) is 0 Å². The van der Waals surface area contributed by atoms with E-state index in [4.69, 9.17) is 0 Å². The van der Waals surface area contributed by atoms with E-state index < -0.39 is 0 Å². The van der Waals surface area contributed by atoms with Crippen molar-refractivity contribution in [3.05, 3.63) is 36.5 Å². The molecule has 1 atom stereocenters. The fourth-order valence-electron chi connectivity index (χ4n) is 2.56. The van der Waals surface area contributed by atoms with Gasteiger partial charge in [0.05, 0.1) is 12.6 Å². The highest BCUT2D eigenvalue weighted by molar-refractivity contribution is 5.40. The summed E-state index contributed by atoms with van der Waals surface area (Å²) in [7, 11) is 0. The lowest BCUT2D eigenvalue weighted by Crippen LogP contribution is -2.33. The molecule has 3 rings (SSSR count). The van der Waals surface area contributed by atoms with Crippen LogP contribution >= 0.6 is 0 Å². The van der Waals surface area contributed by atoms with Crippen molar-refractivity contribution in [2.45, 2.75) is 32.4 Å². The van der Waals surface area contributed by atoms with Gasteiger partial charge in [-0.1, -0.05) is 0 Å². The fraction of sp³-hybridized carbons (Fsp3) is 0.462. The predicted molar refractivity (Wildman–Crippen MR) is 69.4 cm³/mol. The fourth-order valence-corrected chi connectivity index (χ4v) is 2.56. The van der Waals surface area contributed by atoms with E-state index in [9.17, 15) is 0 Å². The van der Waals surface area contributed by atoms with Crippen LogP contribution < -0.4 is 4.90 Å². The summed E-state index contributed by atoms with van der Waals surface area (Å²) in [6, 6.07) is 4.45. The second-order valence-electron chi connectivity index (χ2n) is 4.68. The first-order valence-electron chi connectivity index (χ1n) is 6.36. The Morgan fingerprint density at radius 3 is 3.11 bits per heavy atom. The second-order valence-corrected chi connectivity index (χ2v) is 4.68. The van der Waals surface area contributed by atoms with Crippen molar-refractivity contribution >= 4 is 5.82 Å². The van der Waals surface area contributed by atoms with Gasteiger partial charge in [-0.05, 0) is 31.9 Å². The van der Waals surface area contributed by atoms with E-state index in [1.807, 2.05) is 42.3 Å². The molecule has 5 heteroatoms. The van der Waals surface area contributed by atoms with Gasteiger partial charge < -0.3 is 4.90 Å². The number of aromatic nitrogens is 4. The van der Waals surface area contributed by atoms with Gasteiger partial charge in [0.25, 0.3) is 0 Å². The summed E-state index contributed by atoms with van der Waals surface area (Å²) in [6.45, 7) is 3.93. The molecule has 0 radical (unpaired) electrons. The van der Waals surface area contributed by atoms with Crippen molar-refractivity contribution < 1.29 is 0 Å². The van der Waals surface area contributed by atoms with Gasteiger partial charge in [0.2, 0.25) is 0 Å². The number of rotatable bonds is 3. The lowest BCUT2D eigenvalue weighted by Gasteiger charge is -2.25.